The van der Waals surface area contributed by atoms with Crippen LogP contribution in [0.15, 0.2) is 115 Å². The van der Waals surface area contributed by atoms with Crippen molar-refractivity contribution >= 4 is 113 Å². The minimum Gasteiger partial charge on any atom is -0.292 e. The van der Waals surface area contributed by atoms with Crippen molar-refractivity contribution in [2.24, 2.45) is 0 Å². The normalized spacial score (nSPS) is 13.0. The van der Waals surface area contributed by atoms with Crippen molar-refractivity contribution in [2.75, 3.05) is 4.90 Å². The molecule has 5 heterocycles. The summed E-state index contributed by atoms with van der Waals surface area (Å²) in [6.45, 7) is 0.184. The summed E-state index contributed by atoms with van der Waals surface area (Å²) >= 11 is 5.70. The lowest BCUT2D eigenvalue weighted by atomic mass is 9.41. The van der Waals surface area contributed by atoms with Crippen molar-refractivity contribution in [2.45, 2.75) is 0 Å². The Labute approximate surface area is 237 Å². The maximum absolute atomic E-state index is 5.14. The number of fused-ring (bicyclic) bond motifs is 9. The molecule has 0 saturated carbocycles. The van der Waals surface area contributed by atoms with E-state index in [9.17, 15) is 0 Å². The highest BCUT2D eigenvalue weighted by atomic mass is 32.1. The van der Waals surface area contributed by atoms with Crippen LogP contribution in [0.3, 0.4) is 0 Å². The van der Waals surface area contributed by atoms with Crippen molar-refractivity contribution in [3.05, 3.63) is 115 Å². The van der Waals surface area contributed by atoms with E-state index in [1.165, 1.54) is 66.7 Å². The number of benzene rings is 4. The summed E-state index contributed by atoms with van der Waals surface area (Å²) in [6.07, 6.45) is 1.99. The van der Waals surface area contributed by atoms with E-state index in [2.05, 4.69) is 114 Å². The van der Waals surface area contributed by atoms with Crippen LogP contribution in [0.25, 0.3) is 40.3 Å². The molecule has 8 aromatic rings. The summed E-state index contributed by atoms with van der Waals surface area (Å²) in [5.41, 5.74) is 3.89. The van der Waals surface area contributed by atoms with E-state index in [1.807, 2.05) is 40.2 Å². The summed E-state index contributed by atoms with van der Waals surface area (Å²) in [5.74, 6) is 1.02. The number of pyridine rings is 1. The summed E-state index contributed by atoms with van der Waals surface area (Å²) in [7, 11) is 0. The van der Waals surface area contributed by atoms with Gasteiger partial charge in [0.25, 0.3) is 6.71 Å². The number of thiophene rings is 3. The second-order valence-corrected chi connectivity index (χ2v) is 13.1. The molecule has 0 unspecified atom stereocenters. The van der Waals surface area contributed by atoms with Gasteiger partial charge in [0.2, 0.25) is 0 Å². The van der Waals surface area contributed by atoms with Crippen molar-refractivity contribution in [3.63, 3.8) is 0 Å². The van der Waals surface area contributed by atoms with Gasteiger partial charge in [-0.05, 0) is 24.3 Å². The first-order chi connectivity index (χ1) is 19.4. The van der Waals surface area contributed by atoms with E-state index < -0.39 is 0 Å². The minimum atomic E-state index is 0.184. The van der Waals surface area contributed by atoms with E-state index in [4.69, 9.17) is 4.98 Å². The molecule has 0 aliphatic carbocycles. The van der Waals surface area contributed by atoms with Gasteiger partial charge in [0.1, 0.15) is 0 Å². The van der Waals surface area contributed by atoms with Gasteiger partial charge in [0.15, 0.2) is 5.82 Å². The van der Waals surface area contributed by atoms with Crippen LogP contribution in [-0.4, -0.2) is 11.7 Å². The van der Waals surface area contributed by atoms with E-state index in [0.717, 1.165) is 5.82 Å². The molecule has 182 valence electrons. The molecular weight excluding hydrogens is 531 g/mol. The van der Waals surface area contributed by atoms with Gasteiger partial charge < -0.3 is 0 Å². The zero-order chi connectivity index (χ0) is 25.5. The lowest BCUT2D eigenvalue weighted by Crippen LogP contribution is -2.54. The van der Waals surface area contributed by atoms with Crippen LogP contribution in [0, 0.1) is 0 Å². The lowest BCUT2D eigenvalue weighted by molar-refractivity contribution is 1.23. The molecule has 1 aliphatic heterocycles. The molecule has 0 fully saturated rings. The molecule has 2 nitrogen and oxygen atoms in total. The average Bonchev–Trinajstić information content (AvgIpc) is 3.68. The Bertz CT molecular complexity index is 2130. The Hall–Kier alpha value is -3.97. The molecule has 6 heteroatoms. The number of anilines is 3. The summed E-state index contributed by atoms with van der Waals surface area (Å²) < 4.78 is 7.95. The third-order valence-electron chi connectivity index (χ3n) is 7.78. The monoisotopic (exact) mass is 550 g/mol. The van der Waals surface area contributed by atoms with Gasteiger partial charge in [0.05, 0.1) is 16.1 Å². The first-order valence-corrected chi connectivity index (χ1v) is 15.5. The first kappa shape index (κ1) is 21.9. The number of rotatable bonds is 2. The van der Waals surface area contributed by atoms with Crippen LogP contribution in [0.1, 0.15) is 0 Å². The molecule has 0 amide bonds. The maximum atomic E-state index is 5.14. The summed E-state index contributed by atoms with van der Waals surface area (Å²) in [6, 6.07) is 39.6. The van der Waals surface area contributed by atoms with Gasteiger partial charge in [-0.15, -0.1) is 34.0 Å². The van der Waals surface area contributed by atoms with Crippen LogP contribution in [0.5, 0.6) is 0 Å². The number of hydrogen-bond donors (Lipinski definition) is 0. The molecule has 0 radical (unpaired) electrons. The van der Waals surface area contributed by atoms with E-state index in [1.54, 1.807) is 0 Å². The summed E-state index contributed by atoms with van der Waals surface area (Å²) in [4.78, 5) is 7.64. The second kappa shape index (κ2) is 8.27. The second-order valence-electron chi connectivity index (χ2n) is 9.91. The Balaban J connectivity index is 1.46. The molecule has 9 rings (SSSR count). The molecule has 4 aromatic heterocycles. The van der Waals surface area contributed by atoms with Gasteiger partial charge in [-0.1, -0.05) is 90.4 Å². The molecule has 0 N–H and O–H groups in total. The Kier molecular flexibility index (Phi) is 4.64. The molecule has 0 saturated heterocycles. The van der Waals surface area contributed by atoms with E-state index in [-0.39, 0.29) is 6.71 Å². The van der Waals surface area contributed by atoms with Gasteiger partial charge in [0, 0.05) is 51.4 Å². The third-order valence-corrected chi connectivity index (χ3v) is 11.4. The fourth-order valence-corrected chi connectivity index (χ4v) is 10.1. The highest BCUT2D eigenvalue weighted by Gasteiger charge is 2.41. The fourth-order valence-electron chi connectivity index (χ4n) is 6.14. The zero-order valence-electron chi connectivity index (χ0n) is 20.7. The van der Waals surface area contributed by atoms with Crippen molar-refractivity contribution in [1.29, 1.82) is 0 Å². The van der Waals surface area contributed by atoms with E-state index >= 15 is 0 Å². The molecule has 4 aromatic carbocycles. The average molecular weight is 551 g/mol. The Morgan fingerprint density at radius 2 is 1.05 bits per heavy atom. The van der Waals surface area contributed by atoms with Gasteiger partial charge in [-0.2, -0.15) is 0 Å². The largest absolute Gasteiger partial charge is 0.292 e. The predicted molar refractivity (Wildman–Crippen MR) is 174 cm³/mol. The molecule has 0 atom stereocenters. The predicted octanol–water partition coefficient (Wildman–Crippen LogP) is 8.18. The van der Waals surface area contributed by atoms with Crippen LogP contribution in [0.2, 0.25) is 0 Å². The highest BCUT2D eigenvalue weighted by Crippen LogP contribution is 2.50. The maximum Gasteiger partial charge on any atom is 0.272 e. The molecule has 39 heavy (non-hydrogen) atoms. The van der Waals surface area contributed by atoms with E-state index in [0.29, 0.717) is 0 Å². The topological polar surface area (TPSA) is 16.1 Å². The quantitative estimate of drug-likeness (QED) is 0.202. The molecule has 1 aliphatic rings. The number of hydrogen-bond acceptors (Lipinski definition) is 5. The van der Waals surface area contributed by atoms with Crippen molar-refractivity contribution < 1.29 is 0 Å². The third kappa shape index (κ3) is 3.05. The van der Waals surface area contributed by atoms with Gasteiger partial charge in [-0.3, -0.25) is 4.90 Å². The van der Waals surface area contributed by atoms with Crippen molar-refractivity contribution in [3.8, 4) is 0 Å². The van der Waals surface area contributed by atoms with Crippen LogP contribution >= 0.6 is 34.0 Å². The lowest BCUT2D eigenvalue weighted by Gasteiger charge is -2.33. The fraction of sp³-hybridized carbons (Fsp3) is 0. The molecule has 0 bridgehead atoms. The van der Waals surface area contributed by atoms with Gasteiger partial charge in [-0.25, -0.2) is 4.98 Å². The number of aromatic nitrogens is 1. The Morgan fingerprint density at radius 3 is 1.69 bits per heavy atom. The molecule has 0 spiro atoms. The highest BCUT2D eigenvalue weighted by molar-refractivity contribution is 7.40. The zero-order valence-corrected chi connectivity index (χ0v) is 23.1. The van der Waals surface area contributed by atoms with Gasteiger partial charge >= 0.3 is 0 Å². The first-order valence-electron chi connectivity index (χ1n) is 13.0. The van der Waals surface area contributed by atoms with Crippen LogP contribution < -0.4 is 19.9 Å². The minimum absolute atomic E-state index is 0.184. The van der Waals surface area contributed by atoms with Crippen LogP contribution in [-0.2, 0) is 0 Å². The standard InChI is InChI=1S/C33H19BN2S3/c1-2-10-20(11-3-1)34-31-28(23-13-5-8-16-26(23)38-31)36(29-24-14-6-9-17-27(24)39-32(29)34)33-30-22(18-19-35-33)21-12-4-7-15-25(21)37-30/h1-19H. The van der Waals surface area contributed by atoms with Crippen molar-refractivity contribution in [1.82, 2.24) is 4.98 Å². The SMILES string of the molecule is c1ccc(B2c3sc4ccccc4c3N(c3nccc4c3sc3ccccc34)c3c2sc2ccccc32)cc1. The molecular formula is C33H19BN2S3. The number of nitrogens with zero attached hydrogens (tertiary/aromatic N) is 2. The van der Waals surface area contributed by atoms with Crippen LogP contribution in [0.4, 0.5) is 17.2 Å². The Morgan fingerprint density at radius 1 is 0.513 bits per heavy atom. The smallest absolute Gasteiger partial charge is 0.272 e. The summed E-state index contributed by atoms with van der Waals surface area (Å²) in [5, 5.41) is 5.15.